The van der Waals surface area contributed by atoms with Gasteiger partial charge < -0.3 is 24.1 Å². The zero-order valence-corrected chi connectivity index (χ0v) is 10.9. The average Bonchev–Trinajstić information content (AvgIpc) is 1.97. The second-order valence-electron chi connectivity index (χ2n) is 3.62. The third-order valence-corrected chi connectivity index (χ3v) is 4.06. The third-order valence-electron chi connectivity index (χ3n) is 2.04. The zero-order chi connectivity index (χ0) is 12.3. The maximum atomic E-state index is 10.9. The maximum Gasteiger partial charge on any atom is 0.327 e. The molecular weight excluding hydrogens is 265 g/mol. The molecule has 0 rings (SSSR count). The van der Waals surface area contributed by atoms with Crippen molar-refractivity contribution in [3.8, 4) is 0 Å². The molecule has 92 valence electrons. The Morgan fingerprint density at radius 1 is 1.53 bits per heavy atom. The van der Waals surface area contributed by atoms with Crippen LogP contribution in [-0.4, -0.2) is 37.7 Å². The van der Waals surface area contributed by atoms with Crippen molar-refractivity contribution in [2.75, 3.05) is 12.8 Å². The minimum Gasteiger partial charge on any atom is -0.328 e. The largest absolute Gasteiger partial charge is 0.328 e. The summed E-state index contributed by atoms with van der Waals surface area (Å²) in [7, 11) is -6.76. The Hall–Kier alpha value is 0.750. The summed E-state index contributed by atoms with van der Waals surface area (Å²) < 4.78 is 15.4. The average molecular weight is 281 g/mol. The van der Waals surface area contributed by atoms with Gasteiger partial charge in [-0.1, -0.05) is 6.92 Å². The van der Waals surface area contributed by atoms with Crippen molar-refractivity contribution < 1.29 is 28.7 Å². The summed E-state index contributed by atoms with van der Waals surface area (Å²) in [5.41, 5.74) is -1.01. The van der Waals surface area contributed by atoms with E-state index in [-0.39, 0.29) is 6.61 Å². The lowest BCUT2D eigenvalue weighted by Gasteiger charge is -2.31. The van der Waals surface area contributed by atoms with Gasteiger partial charge in [0.15, 0.2) is 0 Å². The Morgan fingerprint density at radius 2 is 2.00 bits per heavy atom. The number of hydrogen-bond acceptors (Lipinski definition) is 4. The van der Waals surface area contributed by atoms with Gasteiger partial charge >= 0.3 is 16.2 Å². The van der Waals surface area contributed by atoms with Crippen LogP contribution in [0, 0.1) is 5.41 Å². The van der Waals surface area contributed by atoms with E-state index < -0.39 is 33.2 Å². The highest BCUT2D eigenvalue weighted by Gasteiger charge is 2.37. The third kappa shape index (κ3) is 6.82. The lowest BCUT2D eigenvalue weighted by molar-refractivity contribution is 0.153. The zero-order valence-electron chi connectivity index (χ0n) is 8.37. The summed E-state index contributed by atoms with van der Waals surface area (Å²) in [5.74, 6) is 0. The Balaban J connectivity index is 4.53. The standard InChI is InChI=1S/C6H15ClO6P2/c1-5(7)6(2,3-13-14(8)9)4-15(10,11)12/h5,8-9H,3-4H2,1-2H3,(H2,10,11,12). The molecule has 0 aromatic heterocycles. The van der Waals surface area contributed by atoms with Crippen molar-refractivity contribution in [2.45, 2.75) is 19.2 Å². The van der Waals surface area contributed by atoms with Crippen LogP contribution in [0.4, 0.5) is 0 Å². The van der Waals surface area contributed by atoms with Gasteiger partial charge in [-0.05, 0) is 6.92 Å². The van der Waals surface area contributed by atoms with Gasteiger partial charge in [0, 0.05) is 10.8 Å². The summed E-state index contributed by atoms with van der Waals surface area (Å²) >= 11 is 5.80. The predicted molar refractivity (Wildman–Crippen MR) is 57.6 cm³/mol. The summed E-state index contributed by atoms with van der Waals surface area (Å²) in [6, 6.07) is 0. The molecule has 9 heteroatoms. The highest BCUT2D eigenvalue weighted by atomic mass is 35.5. The first-order chi connectivity index (χ1) is 6.57. The van der Waals surface area contributed by atoms with E-state index in [0.717, 1.165) is 0 Å². The molecule has 6 nitrogen and oxygen atoms in total. The molecule has 0 saturated heterocycles. The van der Waals surface area contributed by atoms with Crippen LogP contribution in [0.25, 0.3) is 0 Å². The summed E-state index contributed by atoms with van der Waals surface area (Å²) in [4.78, 5) is 34.8. The molecule has 2 atom stereocenters. The molecule has 0 fully saturated rings. The van der Waals surface area contributed by atoms with Gasteiger partial charge in [-0.2, -0.15) is 0 Å². The van der Waals surface area contributed by atoms with E-state index in [1.807, 2.05) is 0 Å². The highest BCUT2D eigenvalue weighted by molar-refractivity contribution is 7.51. The molecule has 0 saturated carbocycles. The second kappa shape index (κ2) is 5.89. The Bertz CT molecular complexity index is 242. The van der Waals surface area contributed by atoms with E-state index in [4.69, 9.17) is 31.2 Å². The monoisotopic (exact) mass is 280 g/mol. The minimum atomic E-state index is -4.22. The molecular formula is C6H15ClO6P2. The quantitative estimate of drug-likeness (QED) is 0.427. The molecule has 0 radical (unpaired) electrons. The Labute approximate surface area is 94.4 Å². The molecule has 0 aliphatic carbocycles. The fourth-order valence-corrected chi connectivity index (χ4v) is 2.93. The second-order valence-corrected chi connectivity index (χ2v) is 6.68. The number of halogens is 1. The first kappa shape index (κ1) is 15.8. The van der Waals surface area contributed by atoms with Crippen molar-refractivity contribution in [2.24, 2.45) is 5.41 Å². The van der Waals surface area contributed by atoms with Crippen molar-refractivity contribution >= 4 is 27.8 Å². The van der Waals surface area contributed by atoms with E-state index in [1.165, 1.54) is 6.92 Å². The van der Waals surface area contributed by atoms with Crippen molar-refractivity contribution in [3.05, 3.63) is 0 Å². The van der Waals surface area contributed by atoms with Crippen molar-refractivity contribution in [1.82, 2.24) is 0 Å². The molecule has 0 amide bonds. The van der Waals surface area contributed by atoms with Gasteiger partial charge in [0.2, 0.25) is 0 Å². The minimum absolute atomic E-state index is 0.221. The van der Waals surface area contributed by atoms with Crippen LogP contribution in [0.5, 0.6) is 0 Å². The van der Waals surface area contributed by atoms with Crippen molar-refractivity contribution in [1.29, 1.82) is 0 Å². The van der Waals surface area contributed by atoms with Crippen LogP contribution in [0.3, 0.4) is 0 Å². The normalized spacial score (nSPS) is 18.9. The van der Waals surface area contributed by atoms with Crippen molar-refractivity contribution in [3.63, 3.8) is 0 Å². The first-order valence-electron chi connectivity index (χ1n) is 4.06. The summed E-state index contributed by atoms with van der Waals surface area (Å²) in [6.07, 6.45) is -0.464. The lowest BCUT2D eigenvalue weighted by Crippen LogP contribution is -2.34. The lowest BCUT2D eigenvalue weighted by atomic mass is 9.91. The first-order valence-corrected chi connectivity index (χ1v) is 7.46. The van der Waals surface area contributed by atoms with Gasteiger partial charge in [-0.3, -0.25) is 4.57 Å². The van der Waals surface area contributed by atoms with Crippen LogP contribution in [0.2, 0.25) is 0 Å². The predicted octanol–water partition coefficient (Wildman–Crippen LogP) is 1.03. The van der Waals surface area contributed by atoms with Crippen LogP contribution in [0.1, 0.15) is 13.8 Å². The topological polar surface area (TPSA) is 107 Å². The van der Waals surface area contributed by atoms with E-state index in [9.17, 15) is 4.57 Å². The van der Waals surface area contributed by atoms with Gasteiger partial charge in [0.25, 0.3) is 0 Å². The molecule has 0 aromatic carbocycles. The molecule has 4 N–H and O–H groups in total. The van der Waals surface area contributed by atoms with Crippen LogP contribution < -0.4 is 0 Å². The molecule has 0 heterocycles. The van der Waals surface area contributed by atoms with E-state index in [1.54, 1.807) is 6.92 Å². The molecule has 0 aliphatic rings. The maximum absolute atomic E-state index is 10.9. The molecule has 0 aromatic rings. The number of rotatable bonds is 6. The Morgan fingerprint density at radius 3 is 2.27 bits per heavy atom. The fourth-order valence-electron chi connectivity index (χ4n) is 0.962. The van der Waals surface area contributed by atoms with Crippen LogP contribution in [-0.2, 0) is 9.09 Å². The smallest absolute Gasteiger partial charge is 0.327 e. The number of hydrogen-bond donors (Lipinski definition) is 4. The molecule has 0 aliphatic heterocycles. The highest BCUT2D eigenvalue weighted by Crippen LogP contribution is 2.45. The van der Waals surface area contributed by atoms with Crippen LogP contribution in [0.15, 0.2) is 0 Å². The number of alkyl halides is 1. The fraction of sp³-hybridized carbons (Fsp3) is 1.00. The van der Waals surface area contributed by atoms with Gasteiger partial charge in [0.05, 0.1) is 12.8 Å². The van der Waals surface area contributed by atoms with E-state index in [2.05, 4.69) is 4.52 Å². The molecule has 0 bridgehead atoms. The molecule has 2 unspecified atom stereocenters. The van der Waals surface area contributed by atoms with Gasteiger partial charge in [-0.15, -0.1) is 11.6 Å². The van der Waals surface area contributed by atoms with E-state index in [0.29, 0.717) is 0 Å². The molecule has 15 heavy (non-hydrogen) atoms. The molecule has 0 spiro atoms. The van der Waals surface area contributed by atoms with E-state index >= 15 is 0 Å². The summed E-state index contributed by atoms with van der Waals surface area (Å²) in [5, 5.41) is -0.569. The SMILES string of the molecule is CC(Cl)C(C)(COP(O)O)CP(=O)(O)O. The van der Waals surface area contributed by atoms with Gasteiger partial charge in [-0.25, -0.2) is 0 Å². The summed E-state index contributed by atoms with van der Waals surface area (Å²) in [6.45, 7) is 2.86. The van der Waals surface area contributed by atoms with Crippen LogP contribution >= 0.6 is 27.8 Å². The van der Waals surface area contributed by atoms with Gasteiger partial charge in [0.1, 0.15) is 0 Å². The Kier molecular flexibility index (Phi) is 6.19.